The predicted molar refractivity (Wildman–Crippen MR) is 250 cm³/mol. The second-order valence-electron chi connectivity index (χ2n) is 20.0. The van der Waals surface area contributed by atoms with Crippen molar-refractivity contribution in [2.24, 2.45) is 11.3 Å². The van der Waals surface area contributed by atoms with Crippen LogP contribution in [0.1, 0.15) is 96.3 Å². The molecule has 4 aliphatic heterocycles. The van der Waals surface area contributed by atoms with Crippen molar-refractivity contribution in [1.82, 2.24) is 50.0 Å². The Morgan fingerprint density at radius 3 is 2.43 bits per heavy atom. The number of nitrogens with zero attached hydrogens (tertiary/aromatic N) is 10. The molecule has 10 rings (SSSR count). The molecule has 356 valence electrons. The van der Waals surface area contributed by atoms with E-state index in [0.29, 0.717) is 70.3 Å². The van der Waals surface area contributed by atoms with Gasteiger partial charge in [0.15, 0.2) is 17.2 Å². The largest absolute Gasteiger partial charge is 0.383 e. The summed E-state index contributed by atoms with van der Waals surface area (Å²) in [6.07, 6.45) is 14.0. The van der Waals surface area contributed by atoms with Gasteiger partial charge in [-0.1, -0.05) is 18.5 Å². The van der Waals surface area contributed by atoms with Crippen molar-refractivity contribution in [1.29, 1.82) is 0 Å². The molecular formula is C48H62FN13O5. The molecule has 1 saturated carbocycles. The molecule has 0 bridgehead atoms. The Morgan fingerprint density at radius 1 is 1.00 bits per heavy atom. The fourth-order valence-electron chi connectivity index (χ4n) is 9.72. The van der Waals surface area contributed by atoms with Crippen LogP contribution >= 0.6 is 0 Å². The summed E-state index contributed by atoms with van der Waals surface area (Å²) >= 11 is 0. The quantitative estimate of drug-likeness (QED) is 0.0667. The molecule has 4 N–H and O–H groups in total. The third-order valence-corrected chi connectivity index (χ3v) is 13.5. The number of benzene rings is 1. The maximum atomic E-state index is 14.8. The molecule has 4 saturated heterocycles. The van der Waals surface area contributed by atoms with E-state index in [1.807, 2.05) is 22.0 Å². The number of nitrogen functional groups attached to an aromatic ring is 1. The number of anilines is 3. The summed E-state index contributed by atoms with van der Waals surface area (Å²) in [4.78, 5) is 58.5. The number of nitrogens with two attached hydrogens (primary N) is 1. The second kappa shape index (κ2) is 19.3. The lowest BCUT2D eigenvalue weighted by Gasteiger charge is -2.61. The van der Waals surface area contributed by atoms with Crippen LogP contribution in [0.15, 0.2) is 41.4 Å². The van der Waals surface area contributed by atoms with E-state index in [4.69, 9.17) is 20.1 Å². The Bertz CT molecular complexity index is 2570. The van der Waals surface area contributed by atoms with Gasteiger partial charge in [0, 0.05) is 88.3 Å². The molecule has 18 nitrogen and oxygen atoms in total. The zero-order valence-corrected chi connectivity index (χ0v) is 39.0. The van der Waals surface area contributed by atoms with Gasteiger partial charge in [-0.2, -0.15) is 5.10 Å². The highest BCUT2D eigenvalue weighted by Crippen LogP contribution is 2.48. The van der Waals surface area contributed by atoms with E-state index in [-0.39, 0.29) is 35.0 Å². The Morgan fingerprint density at radius 2 is 1.76 bits per heavy atom. The van der Waals surface area contributed by atoms with Gasteiger partial charge in [-0.05, 0) is 95.4 Å². The van der Waals surface area contributed by atoms with Crippen LogP contribution in [0.5, 0.6) is 0 Å². The van der Waals surface area contributed by atoms with Crippen LogP contribution in [-0.4, -0.2) is 128 Å². The summed E-state index contributed by atoms with van der Waals surface area (Å²) in [7, 11) is 0. The normalized spacial score (nSPS) is 19.7. The standard InChI is InChI=1S/C25H32N8O2.C23H30FN5O3/c1-5-6-10-34-11-9-15-12-27-23(28-13-15)17-20(32-35-21(17)16-7-8-16)19-18-22(26)29-14-30-24(18)33(31-19)25(2,3)4;24-18-9-17(25-19-2-4-21(31)26-22(19)32)1-3-20(18)29-13-23(14-29)11-28(12-23)10-16-5-7-27(15-30)8-6-16/h12-14,16H,5-11H2,1-4H3,(H2,26,29,30);1,3,9,15-16,19,25H,2,4-8,10-14H2,(H,26,31,32). The molecule has 1 atom stereocenters. The number of hydrogen-bond acceptors (Lipinski definition) is 15. The molecule has 1 aliphatic carbocycles. The number of likely N-dealkylation sites (tertiary alicyclic amines) is 2. The number of rotatable bonds is 15. The molecular weight excluding hydrogens is 858 g/mol. The number of carbonyl (C=O) groups excluding carboxylic acids is 3. The van der Waals surface area contributed by atoms with E-state index < -0.39 is 6.04 Å². The van der Waals surface area contributed by atoms with Crippen molar-refractivity contribution in [2.45, 2.75) is 103 Å². The molecule has 5 aromatic rings. The number of fused-ring (bicyclic) bond motifs is 1. The minimum absolute atomic E-state index is 0.265. The lowest BCUT2D eigenvalue weighted by molar-refractivity contribution is -0.133. The highest BCUT2D eigenvalue weighted by Gasteiger charge is 2.52. The van der Waals surface area contributed by atoms with Gasteiger partial charge in [0.05, 0.1) is 28.8 Å². The maximum Gasteiger partial charge on any atom is 0.249 e. The van der Waals surface area contributed by atoms with Crippen LogP contribution in [0.3, 0.4) is 0 Å². The van der Waals surface area contributed by atoms with E-state index >= 15 is 0 Å². The van der Waals surface area contributed by atoms with Gasteiger partial charge in [-0.3, -0.25) is 19.7 Å². The lowest BCUT2D eigenvalue weighted by atomic mass is 9.72. The van der Waals surface area contributed by atoms with Crippen LogP contribution in [-0.2, 0) is 31.1 Å². The first-order chi connectivity index (χ1) is 32.3. The molecule has 4 aromatic heterocycles. The molecule has 1 spiro atoms. The average Bonchev–Trinajstić information content (AvgIpc) is 3.90. The Labute approximate surface area is 389 Å². The molecule has 0 radical (unpaired) electrons. The number of aromatic nitrogens is 7. The molecule has 5 aliphatic rings. The SMILES string of the molecule is CCCCOCCc1cnc(-c2c(-c3nn(C(C)(C)C)c4ncnc(N)c34)noc2C2CC2)nc1.O=CN1CCC(CN2CC3(C2)CN(c2ccc(NC4CCC(=O)NC4=O)cc2F)C3)CC1. The van der Waals surface area contributed by atoms with Gasteiger partial charge >= 0.3 is 0 Å². The molecule has 67 heavy (non-hydrogen) atoms. The van der Waals surface area contributed by atoms with Crippen molar-refractivity contribution >= 4 is 46.5 Å². The van der Waals surface area contributed by atoms with Crippen molar-refractivity contribution in [3.05, 3.63) is 54.1 Å². The first-order valence-electron chi connectivity index (χ1n) is 23.8. The summed E-state index contributed by atoms with van der Waals surface area (Å²) in [5, 5.41) is 15.3. The summed E-state index contributed by atoms with van der Waals surface area (Å²) in [5.41, 5.74) is 11.0. The molecule has 3 amide bonds. The van der Waals surface area contributed by atoms with Crippen LogP contribution in [0, 0.1) is 17.2 Å². The number of imide groups is 1. The predicted octanol–water partition coefficient (Wildman–Crippen LogP) is 5.55. The van der Waals surface area contributed by atoms with Crippen LogP contribution in [0.25, 0.3) is 33.8 Å². The fraction of sp³-hybridized carbons (Fsp3) is 0.562. The van der Waals surface area contributed by atoms with E-state index in [9.17, 15) is 18.8 Å². The van der Waals surface area contributed by atoms with E-state index in [1.54, 1.807) is 12.1 Å². The minimum atomic E-state index is -0.517. The Hall–Kier alpha value is -6.08. The summed E-state index contributed by atoms with van der Waals surface area (Å²) in [5.74, 6) is 1.76. The minimum Gasteiger partial charge on any atom is -0.383 e. The third kappa shape index (κ3) is 10.1. The van der Waals surface area contributed by atoms with Gasteiger partial charge in [-0.25, -0.2) is 29.0 Å². The zero-order valence-electron chi connectivity index (χ0n) is 39.0. The average molecular weight is 920 g/mol. The summed E-state index contributed by atoms with van der Waals surface area (Å²) in [6.45, 7) is 16.5. The van der Waals surface area contributed by atoms with Crippen LogP contribution in [0.4, 0.5) is 21.6 Å². The highest BCUT2D eigenvalue weighted by molar-refractivity contribution is 6.02. The van der Waals surface area contributed by atoms with Crippen molar-refractivity contribution < 1.29 is 28.0 Å². The number of piperidine rings is 2. The second-order valence-corrected chi connectivity index (χ2v) is 20.0. The van der Waals surface area contributed by atoms with Crippen LogP contribution < -0.4 is 21.3 Å². The number of halogens is 1. The van der Waals surface area contributed by atoms with Crippen molar-refractivity contribution in [3.8, 4) is 22.8 Å². The first-order valence-corrected chi connectivity index (χ1v) is 23.8. The smallest absolute Gasteiger partial charge is 0.249 e. The number of amides is 3. The van der Waals surface area contributed by atoms with E-state index in [0.717, 1.165) is 121 Å². The number of ether oxygens (including phenoxy) is 1. The van der Waals surface area contributed by atoms with Gasteiger partial charge < -0.3 is 35.0 Å². The summed E-state index contributed by atoms with van der Waals surface area (Å²) < 4.78 is 28.2. The highest BCUT2D eigenvalue weighted by atomic mass is 19.1. The first kappa shape index (κ1) is 46.0. The number of hydrogen-bond donors (Lipinski definition) is 3. The fourth-order valence-corrected chi connectivity index (χ4v) is 9.72. The third-order valence-electron chi connectivity index (χ3n) is 13.5. The molecule has 1 aromatic carbocycles. The zero-order chi connectivity index (χ0) is 46.9. The van der Waals surface area contributed by atoms with Crippen LogP contribution in [0.2, 0.25) is 0 Å². The van der Waals surface area contributed by atoms with Crippen molar-refractivity contribution in [3.63, 3.8) is 0 Å². The number of carbonyl (C=O) groups is 3. The lowest BCUT2D eigenvalue weighted by Crippen LogP contribution is -2.72. The van der Waals surface area contributed by atoms with Gasteiger partial charge in [0.25, 0.3) is 0 Å². The van der Waals surface area contributed by atoms with E-state index in [2.05, 4.69) is 73.2 Å². The molecule has 5 fully saturated rings. The molecule has 19 heteroatoms. The topological polar surface area (TPSA) is 216 Å². The number of nitrogens with one attached hydrogen (secondary N) is 2. The number of unbranched alkanes of at least 4 members (excludes halogenated alkanes) is 1. The van der Waals surface area contributed by atoms with Crippen molar-refractivity contribution in [2.75, 3.05) is 75.0 Å². The Balaban J connectivity index is 0.000000169. The van der Waals surface area contributed by atoms with Gasteiger partial charge in [0.1, 0.15) is 35.4 Å². The summed E-state index contributed by atoms with van der Waals surface area (Å²) in [6, 6.07) is 4.49. The van der Waals surface area contributed by atoms with Gasteiger partial charge in [-0.15, -0.1) is 0 Å². The monoisotopic (exact) mass is 919 g/mol. The van der Waals surface area contributed by atoms with E-state index in [1.165, 1.54) is 12.4 Å². The Kier molecular flexibility index (Phi) is 13.2. The maximum absolute atomic E-state index is 14.8. The molecule has 8 heterocycles. The molecule has 1 unspecified atom stereocenters. The van der Waals surface area contributed by atoms with Gasteiger partial charge in [0.2, 0.25) is 18.2 Å².